The van der Waals surface area contributed by atoms with Crippen molar-refractivity contribution in [3.05, 3.63) is 0 Å². The van der Waals surface area contributed by atoms with Gasteiger partial charge in [-0.3, -0.25) is 4.79 Å². The quantitative estimate of drug-likeness (QED) is 0.686. The van der Waals surface area contributed by atoms with E-state index in [1.807, 2.05) is 0 Å². The first-order chi connectivity index (χ1) is 8.37. The van der Waals surface area contributed by atoms with Crippen molar-refractivity contribution in [2.75, 3.05) is 12.0 Å². The molecule has 1 atom stereocenters. The summed E-state index contributed by atoms with van der Waals surface area (Å²) in [4.78, 5) is 11.9. The van der Waals surface area contributed by atoms with Crippen LogP contribution in [0.2, 0.25) is 0 Å². The molecule has 104 valence electrons. The number of carbonyl (C=O) groups is 1. The number of rotatable bonds is 7. The molecule has 2 fully saturated rings. The van der Waals surface area contributed by atoms with E-state index in [0.29, 0.717) is 11.8 Å². The van der Waals surface area contributed by atoms with Crippen LogP contribution in [0.1, 0.15) is 32.1 Å². The van der Waals surface area contributed by atoms with Gasteiger partial charge in [-0.05, 0) is 43.9 Å². The summed E-state index contributed by atoms with van der Waals surface area (Å²) in [5.74, 6) is 1.04. The molecule has 5 nitrogen and oxygen atoms in total. The number of carbonyl (C=O) groups excluding carboxylic acids is 1. The number of sulfone groups is 1. The second-order valence-corrected chi connectivity index (χ2v) is 7.99. The van der Waals surface area contributed by atoms with E-state index in [1.165, 1.54) is 25.7 Å². The Labute approximate surface area is 108 Å². The topological polar surface area (TPSA) is 89.3 Å². The third kappa shape index (κ3) is 4.24. The van der Waals surface area contributed by atoms with Crippen LogP contribution in [-0.2, 0) is 14.6 Å². The fourth-order valence-corrected chi connectivity index (χ4v) is 2.96. The Morgan fingerprint density at radius 1 is 1.28 bits per heavy atom. The first kappa shape index (κ1) is 13.8. The van der Waals surface area contributed by atoms with Crippen LogP contribution in [0.5, 0.6) is 0 Å². The van der Waals surface area contributed by atoms with Crippen molar-refractivity contribution in [2.24, 2.45) is 17.6 Å². The lowest BCUT2D eigenvalue weighted by Gasteiger charge is -2.20. The molecule has 0 aromatic heterocycles. The van der Waals surface area contributed by atoms with Gasteiger partial charge in [-0.15, -0.1) is 0 Å². The van der Waals surface area contributed by atoms with Crippen LogP contribution in [0.3, 0.4) is 0 Å². The zero-order valence-corrected chi connectivity index (χ0v) is 11.6. The summed E-state index contributed by atoms with van der Waals surface area (Å²) >= 11 is 0. The van der Waals surface area contributed by atoms with E-state index in [9.17, 15) is 13.2 Å². The second-order valence-electron chi connectivity index (χ2n) is 5.73. The van der Waals surface area contributed by atoms with Crippen molar-refractivity contribution < 1.29 is 13.2 Å². The van der Waals surface area contributed by atoms with E-state index >= 15 is 0 Å². The number of hydrogen-bond donors (Lipinski definition) is 2. The predicted molar refractivity (Wildman–Crippen MR) is 69.7 cm³/mol. The van der Waals surface area contributed by atoms with Crippen molar-refractivity contribution in [3.8, 4) is 0 Å². The van der Waals surface area contributed by atoms with E-state index in [-0.39, 0.29) is 24.1 Å². The van der Waals surface area contributed by atoms with Crippen molar-refractivity contribution in [3.63, 3.8) is 0 Å². The maximum Gasteiger partial charge on any atom is 0.237 e. The van der Waals surface area contributed by atoms with Crippen LogP contribution in [0.15, 0.2) is 0 Å². The minimum Gasteiger partial charge on any atom is -0.351 e. The van der Waals surface area contributed by atoms with Gasteiger partial charge in [-0.2, -0.15) is 0 Å². The highest BCUT2D eigenvalue weighted by Crippen LogP contribution is 2.44. The number of nitrogens with one attached hydrogen (secondary N) is 1. The van der Waals surface area contributed by atoms with Gasteiger partial charge in [-0.1, -0.05) is 0 Å². The third-order valence-corrected chi connectivity index (χ3v) is 4.68. The standard InChI is InChI=1S/C12H22N2O3S/c1-18(16,17)7-6-10(13)12(15)14-11(8-2-3-8)9-4-5-9/h8-11H,2-7,13H2,1H3,(H,14,15). The lowest BCUT2D eigenvalue weighted by atomic mass is 10.1. The van der Waals surface area contributed by atoms with Crippen LogP contribution < -0.4 is 11.1 Å². The molecule has 0 radical (unpaired) electrons. The summed E-state index contributed by atoms with van der Waals surface area (Å²) < 4.78 is 22.1. The Hall–Kier alpha value is -0.620. The van der Waals surface area contributed by atoms with Gasteiger partial charge in [0.1, 0.15) is 9.84 Å². The Morgan fingerprint density at radius 2 is 1.78 bits per heavy atom. The first-order valence-corrected chi connectivity index (χ1v) is 8.66. The zero-order chi connectivity index (χ0) is 13.3. The highest BCUT2D eigenvalue weighted by molar-refractivity contribution is 7.90. The van der Waals surface area contributed by atoms with Gasteiger partial charge in [0.2, 0.25) is 5.91 Å². The molecule has 0 saturated heterocycles. The minimum absolute atomic E-state index is 0.0287. The smallest absolute Gasteiger partial charge is 0.237 e. The zero-order valence-electron chi connectivity index (χ0n) is 10.8. The Morgan fingerprint density at radius 3 is 2.17 bits per heavy atom. The second kappa shape index (κ2) is 5.17. The maximum atomic E-state index is 11.9. The van der Waals surface area contributed by atoms with Gasteiger partial charge in [0.15, 0.2) is 0 Å². The monoisotopic (exact) mass is 274 g/mol. The summed E-state index contributed by atoms with van der Waals surface area (Å²) in [6.07, 6.45) is 6.14. The molecule has 18 heavy (non-hydrogen) atoms. The molecule has 0 aromatic carbocycles. The summed E-state index contributed by atoms with van der Waals surface area (Å²) in [6.45, 7) is 0. The van der Waals surface area contributed by atoms with Crippen molar-refractivity contribution in [2.45, 2.75) is 44.2 Å². The van der Waals surface area contributed by atoms with Gasteiger partial charge in [0, 0.05) is 12.3 Å². The molecule has 1 amide bonds. The van der Waals surface area contributed by atoms with Crippen molar-refractivity contribution in [1.82, 2.24) is 5.32 Å². The first-order valence-electron chi connectivity index (χ1n) is 6.60. The number of hydrogen-bond acceptors (Lipinski definition) is 4. The molecule has 0 heterocycles. The molecular formula is C12H22N2O3S. The van der Waals surface area contributed by atoms with Crippen LogP contribution in [0.4, 0.5) is 0 Å². The van der Waals surface area contributed by atoms with Crippen molar-refractivity contribution in [1.29, 1.82) is 0 Å². The summed E-state index contributed by atoms with van der Waals surface area (Å²) in [5.41, 5.74) is 5.74. The predicted octanol–water partition coefficient (Wildman–Crippen LogP) is 0.0532. The molecule has 2 rings (SSSR count). The summed E-state index contributed by atoms with van der Waals surface area (Å²) in [5, 5.41) is 3.02. The third-order valence-electron chi connectivity index (χ3n) is 3.71. The fourth-order valence-electron chi connectivity index (χ4n) is 2.27. The van der Waals surface area contributed by atoms with E-state index in [1.54, 1.807) is 0 Å². The number of nitrogens with two attached hydrogens (primary N) is 1. The molecule has 0 spiro atoms. The molecule has 2 saturated carbocycles. The molecule has 0 aromatic rings. The molecule has 0 aliphatic heterocycles. The molecule has 1 unspecified atom stereocenters. The fraction of sp³-hybridized carbons (Fsp3) is 0.917. The van der Waals surface area contributed by atoms with Gasteiger partial charge in [-0.25, -0.2) is 8.42 Å². The largest absolute Gasteiger partial charge is 0.351 e. The molecule has 6 heteroatoms. The van der Waals surface area contributed by atoms with Crippen LogP contribution in [-0.4, -0.2) is 38.4 Å². The van der Waals surface area contributed by atoms with E-state index in [4.69, 9.17) is 5.73 Å². The van der Waals surface area contributed by atoms with Crippen LogP contribution in [0, 0.1) is 11.8 Å². The Bertz CT molecular complexity index is 401. The van der Waals surface area contributed by atoms with Crippen LogP contribution >= 0.6 is 0 Å². The Kier molecular flexibility index (Phi) is 3.96. The number of amides is 1. The van der Waals surface area contributed by atoms with E-state index in [0.717, 1.165) is 6.26 Å². The molecular weight excluding hydrogens is 252 g/mol. The lowest BCUT2D eigenvalue weighted by Crippen LogP contribution is -2.47. The average molecular weight is 274 g/mol. The highest BCUT2D eigenvalue weighted by atomic mass is 32.2. The van der Waals surface area contributed by atoms with Gasteiger partial charge < -0.3 is 11.1 Å². The SMILES string of the molecule is CS(=O)(=O)CCC(N)C(=O)NC(C1CC1)C1CC1. The Balaban J connectivity index is 1.78. The highest BCUT2D eigenvalue weighted by Gasteiger charge is 2.42. The molecule has 0 bridgehead atoms. The minimum atomic E-state index is -3.05. The van der Waals surface area contributed by atoms with Crippen molar-refractivity contribution >= 4 is 15.7 Å². The van der Waals surface area contributed by atoms with E-state index in [2.05, 4.69) is 5.32 Å². The summed E-state index contributed by atoms with van der Waals surface area (Å²) in [7, 11) is -3.05. The summed E-state index contributed by atoms with van der Waals surface area (Å²) in [6, 6.07) is -0.429. The van der Waals surface area contributed by atoms with Gasteiger partial charge in [0.05, 0.1) is 11.8 Å². The van der Waals surface area contributed by atoms with Gasteiger partial charge in [0.25, 0.3) is 0 Å². The normalized spacial score (nSPS) is 21.9. The van der Waals surface area contributed by atoms with E-state index < -0.39 is 15.9 Å². The lowest BCUT2D eigenvalue weighted by molar-refractivity contribution is -0.123. The van der Waals surface area contributed by atoms with Crippen LogP contribution in [0.25, 0.3) is 0 Å². The maximum absolute atomic E-state index is 11.9. The average Bonchev–Trinajstić information content (AvgIpc) is 3.14. The molecule has 3 N–H and O–H groups in total. The van der Waals surface area contributed by atoms with Gasteiger partial charge >= 0.3 is 0 Å². The molecule has 2 aliphatic rings. The molecule has 2 aliphatic carbocycles.